The van der Waals surface area contributed by atoms with E-state index >= 15 is 0 Å². The second-order valence-electron chi connectivity index (χ2n) is 11.0. The molecule has 0 aliphatic heterocycles. The second-order valence-corrected chi connectivity index (χ2v) is 13.5. The standard InChI is InChI=1S/C35H35ClF3NO4S/c1-45(42,43)25-30(41)21-26-11-8-17-31(22-26)44-20-10-19-40(23-29-16-9-18-33(34(29)36)35(37,38)39)24-32(27-12-4-2-5-13-27)28-14-6-3-7-15-28/h2-9,11-18,22,32H,10,19-21,23-25H2,1H3. The molecule has 0 radical (unpaired) electrons. The monoisotopic (exact) mass is 657 g/mol. The van der Waals surface area contributed by atoms with Crippen molar-refractivity contribution in [3.8, 4) is 5.75 Å². The number of halogens is 4. The van der Waals surface area contributed by atoms with E-state index in [1.54, 1.807) is 30.3 Å². The van der Waals surface area contributed by atoms with E-state index in [0.29, 0.717) is 43.0 Å². The van der Waals surface area contributed by atoms with Crippen LogP contribution in [0, 0.1) is 0 Å². The molecule has 0 fully saturated rings. The Labute approximate surface area is 267 Å². The van der Waals surface area contributed by atoms with Crippen LogP contribution in [-0.2, 0) is 33.8 Å². The number of nitrogens with zero attached hydrogens (tertiary/aromatic N) is 1. The molecule has 10 heteroatoms. The molecular weight excluding hydrogens is 623 g/mol. The van der Waals surface area contributed by atoms with E-state index in [1.807, 2.05) is 60.7 Å². The molecule has 5 nitrogen and oxygen atoms in total. The maximum Gasteiger partial charge on any atom is 0.417 e. The van der Waals surface area contributed by atoms with E-state index in [1.165, 1.54) is 6.07 Å². The van der Waals surface area contributed by atoms with Gasteiger partial charge in [0.25, 0.3) is 0 Å². The second kappa shape index (κ2) is 15.6. The molecule has 0 aliphatic carbocycles. The minimum Gasteiger partial charge on any atom is -0.494 e. The van der Waals surface area contributed by atoms with Crippen LogP contribution in [0.2, 0.25) is 5.02 Å². The summed E-state index contributed by atoms with van der Waals surface area (Å²) in [5.74, 6) is -0.418. The van der Waals surface area contributed by atoms with E-state index in [-0.39, 0.29) is 23.9 Å². The van der Waals surface area contributed by atoms with Crippen LogP contribution in [0.25, 0.3) is 0 Å². The lowest BCUT2D eigenvalue weighted by Crippen LogP contribution is -2.31. The van der Waals surface area contributed by atoms with Gasteiger partial charge in [-0.2, -0.15) is 13.2 Å². The largest absolute Gasteiger partial charge is 0.494 e. The first-order chi connectivity index (χ1) is 21.4. The van der Waals surface area contributed by atoms with Gasteiger partial charge in [-0.3, -0.25) is 9.69 Å². The summed E-state index contributed by atoms with van der Waals surface area (Å²) in [7, 11) is -3.41. The highest BCUT2D eigenvalue weighted by molar-refractivity contribution is 7.91. The van der Waals surface area contributed by atoms with Gasteiger partial charge in [0.15, 0.2) is 15.6 Å². The molecule has 45 heavy (non-hydrogen) atoms. The third-order valence-corrected chi connectivity index (χ3v) is 8.53. The zero-order chi connectivity index (χ0) is 32.5. The van der Waals surface area contributed by atoms with E-state index in [4.69, 9.17) is 16.3 Å². The molecule has 4 aromatic rings. The fourth-order valence-corrected chi connectivity index (χ4v) is 6.20. The van der Waals surface area contributed by atoms with Crippen LogP contribution < -0.4 is 4.74 Å². The topological polar surface area (TPSA) is 63.7 Å². The third kappa shape index (κ3) is 10.7. The molecule has 4 rings (SSSR count). The van der Waals surface area contributed by atoms with Gasteiger partial charge in [-0.05, 0) is 46.9 Å². The van der Waals surface area contributed by atoms with Crippen molar-refractivity contribution >= 4 is 27.2 Å². The van der Waals surface area contributed by atoms with Gasteiger partial charge >= 0.3 is 6.18 Å². The Bertz CT molecular complexity index is 1630. The summed E-state index contributed by atoms with van der Waals surface area (Å²) < 4.78 is 69.8. The Balaban J connectivity index is 1.50. The van der Waals surface area contributed by atoms with Crippen molar-refractivity contribution < 1.29 is 31.1 Å². The maximum atomic E-state index is 13.6. The summed E-state index contributed by atoms with van der Waals surface area (Å²) in [5, 5.41) is -0.301. The first kappa shape index (κ1) is 34.2. The fourth-order valence-electron chi connectivity index (χ4n) is 5.22. The summed E-state index contributed by atoms with van der Waals surface area (Å²) in [4.78, 5) is 14.2. The minimum atomic E-state index is -4.56. The van der Waals surface area contributed by atoms with Gasteiger partial charge < -0.3 is 4.74 Å². The van der Waals surface area contributed by atoms with Crippen LogP contribution >= 0.6 is 11.6 Å². The van der Waals surface area contributed by atoms with E-state index < -0.39 is 33.1 Å². The Morgan fingerprint density at radius 2 is 1.51 bits per heavy atom. The van der Waals surface area contributed by atoms with E-state index in [0.717, 1.165) is 23.4 Å². The zero-order valence-electron chi connectivity index (χ0n) is 24.8. The van der Waals surface area contributed by atoms with Crippen molar-refractivity contribution in [3.63, 3.8) is 0 Å². The Morgan fingerprint density at radius 1 is 0.889 bits per heavy atom. The number of Topliss-reactive ketones (excluding diaryl/α,β-unsaturated/α-hetero) is 1. The van der Waals surface area contributed by atoms with E-state index in [9.17, 15) is 26.4 Å². The predicted molar refractivity (Wildman–Crippen MR) is 171 cm³/mol. The highest BCUT2D eigenvalue weighted by Crippen LogP contribution is 2.37. The molecule has 0 spiro atoms. The lowest BCUT2D eigenvalue weighted by Gasteiger charge is -2.29. The Morgan fingerprint density at radius 3 is 2.11 bits per heavy atom. The van der Waals surface area contributed by atoms with E-state index in [2.05, 4.69) is 4.90 Å². The average molecular weight is 658 g/mol. The van der Waals surface area contributed by atoms with Gasteiger partial charge in [-0.1, -0.05) is 96.5 Å². The number of alkyl halides is 3. The molecular formula is C35H35ClF3NO4S. The van der Waals surface area contributed by atoms with Crippen molar-refractivity contribution in [2.75, 3.05) is 31.7 Å². The Kier molecular flexibility index (Phi) is 11.8. The predicted octanol–water partition coefficient (Wildman–Crippen LogP) is 7.62. The highest BCUT2D eigenvalue weighted by atomic mass is 35.5. The summed E-state index contributed by atoms with van der Waals surface area (Å²) in [5.41, 5.74) is 2.35. The van der Waals surface area contributed by atoms with Crippen molar-refractivity contribution in [1.82, 2.24) is 4.90 Å². The van der Waals surface area contributed by atoms with Crippen LogP contribution in [0.1, 0.15) is 40.2 Å². The smallest absolute Gasteiger partial charge is 0.417 e. The van der Waals surface area contributed by atoms with Gasteiger partial charge in [0.05, 0.1) is 17.2 Å². The molecule has 0 saturated carbocycles. The van der Waals surface area contributed by atoms with Crippen molar-refractivity contribution in [2.45, 2.75) is 31.5 Å². The lowest BCUT2D eigenvalue weighted by molar-refractivity contribution is -0.137. The summed E-state index contributed by atoms with van der Waals surface area (Å²) >= 11 is 6.31. The molecule has 0 N–H and O–H groups in total. The van der Waals surface area contributed by atoms with Gasteiger partial charge in [-0.15, -0.1) is 0 Å². The van der Waals surface area contributed by atoms with Crippen LogP contribution in [0.4, 0.5) is 13.2 Å². The number of ketones is 1. The van der Waals surface area contributed by atoms with Crippen LogP contribution in [0.3, 0.4) is 0 Å². The van der Waals surface area contributed by atoms with Gasteiger partial charge in [0.2, 0.25) is 0 Å². The molecule has 4 aromatic carbocycles. The van der Waals surface area contributed by atoms with Crippen molar-refractivity contribution in [1.29, 1.82) is 0 Å². The zero-order valence-corrected chi connectivity index (χ0v) is 26.4. The van der Waals surface area contributed by atoms with Crippen LogP contribution in [0.15, 0.2) is 103 Å². The summed E-state index contributed by atoms with van der Waals surface area (Å²) in [6, 6.07) is 30.9. The first-order valence-electron chi connectivity index (χ1n) is 14.5. The number of hydrogen-bond donors (Lipinski definition) is 0. The number of carbonyl (C=O) groups is 1. The number of ether oxygens (including phenoxy) is 1. The molecule has 0 amide bonds. The number of rotatable bonds is 15. The summed E-state index contributed by atoms with van der Waals surface area (Å²) in [6.07, 6.45) is -3.00. The molecule has 238 valence electrons. The van der Waals surface area contributed by atoms with Gasteiger partial charge in [0.1, 0.15) is 11.5 Å². The quantitative estimate of drug-likeness (QED) is 0.123. The number of carbonyl (C=O) groups excluding carboxylic acids is 1. The van der Waals surface area contributed by atoms with Gasteiger partial charge in [0, 0.05) is 38.2 Å². The normalized spacial score (nSPS) is 12.1. The highest BCUT2D eigenvalue weighted by Gasteiger charge is 2.34. The Hall–Kier alpha value is -3.66. The molecule has 0 atom stereocenters. The number of benzene rings is 4. The molecule has 0 heterocycles. The molecule has 0 aliphatic rings. The molecule has 0 aromatic heterocycles. The van der Waals surface area contributed by atoms with Crippen LogP contribution in [0.5, 0.6) is 5.75 Å². The lowest BCUT2D eigenvalue weighted by atomic mass is 9.90. The van der Waals surface area contributed by atoms with Crippen molar-refractivity contribution in [2.24, 2.45) is 0 Å². The first-order valence-corrected chi connectivity index (χ1v) is 16.9. The fraction of sp³-hybridized carbons (Fsp3) is 0.286. The molecule has 0 unspecified atom stereocenters. The third-order valence-electron chi connectivity index (χ3n) is 7.23. The molecule has 0 saturated heterocycles. The average Bonchev–Trinajstić information content (AvgIpc) is 2.98. The number of hydrogen-bond acceptors (Lipinski definition) is 5. The number of sulfone groups is 1. The SMILES string of the molecule is CS(=O)(=O)CC(=O)Cc1cccc(OCCCN(Cc2cccc(C(F)(F)F)c2Cl)CC(c2ccccc2)c2ccccc2)c1. The van der Waals surface area contributed by atoms with Crippen LogP contribution in [-0.4, -0.2) is 50.8 Å². The summed E-state index contributed by atoms with van der Waals surface area (Å²) in [6.45, 7) is 1.56. The minimum absolute atomic E-state index is 0.0177. The van der Waals surface area contributed by atoms with Gasteiger partial charge in [-0.25, -0.2) is 8.42 Å². The maximum absolute atomic E-state index is 13.6. The van der Waals surface area contributed by atoms with Crippen molar-refractivity contribution in [3.05, 3.63) is 136 Å². The molecule has 0 bridgehead atoms.